The molecule has 0 unspecified atom stereocenters. The summed E-state index contributed by atoms with van der Waals surface area (Å²) in [7, 11) is 3.90. The number of hydrogen-bond donors (Lipinski definition) is 1. The van der Waals surface area contributed by atoms with E-state index in [1.165, 1.54) is 6.07 Å². The predicted octanol–water partition coefficient (Wildman–Crippen LogP) is 2.49. The van der Waals surface area contributed by atoms with E-state index in [-0.39, 0.29) is 10.6 Å². The topological polar surface area (TPSA) is 67.6 Å². The maximum atomic E-state index is 10.9. The van der Waals surface area contributed by atoms with Gasteiger partial charge in [-0.2, -0.15) is 0 Å². The lowest BCUT2D eigenvalue weighted by Gasteiger charge is -2.27. The molecular weight excluding hydrogens is 270 g/mol. The number of nitrogens with zero attached hydrogens (tertiary/aromatic N) is 2. The zero-order valence-electron chi connectivity index (χ0n) is 12.7. The fourth-order valence-corrected chi connectivity index (χ4v) is 2.79. The van der Waals surface area contributed by atoms with Crippen LogP contribution >= 0.6 is 0 Å². The van der Waals surface area contributed by atoms with Crippen LogP contribution in [0.25, 0.3) is 0 Å². The van der Waals surface area contributed by atoms with Crippen LogP contribution in [-0.2, 0) is 11.3 Å². The molecule has 1 fully saturated rings. The molecule has 1 N–H and O–H groups in total. The summed E-state index contributed by atoms with van der Waals surface area (Å²) in [5.74, 6) is 0.653. The third-order valence-corrected chi connectivity index (χ3v) is 3.92. The molecule has 0 saturated carbocycles. The maximum absolute atomic E-state index is 10.9. The molecular formula is C15H23N3O3. The van der Waals surface area contributed by atoms with Crippen molar-refractivity contribution in [3.63, 3.8) is 0 Å². The summed E-state index contributed by atoms with van der Waals surface area (Å²) in [6.07, 6.45) is 2.19. The summed E-state index contributed by atoms with van der Waals surface area (Å²) in [6.45, 7) is 3.39. The van der Waals surface area contributed by atoms with Gasteiger partial charge in [0.1, 0.15) is 0 Å². The maximum Gasteiger partial charge on any atom is 0.269 e. The highest BCUT2D eigenvalue weighted by atomic mass is 16.6. The van der Waals surface area contributed by atoms with Crippen molar-refractivity contribution < 1.29 is 9.66 Å². The van der Waals surface area contributed by atoms with E-state index in [0.717, 1.165) is 43.9 Å². The third-order valence-electron chi connectivity index (χ3n) is 3.92. The Morgan fingerprint density at radius 1 is 1.43 bits per heavy atom. The van der Waals surface area contributed by atoms with Crippen LogP contribution < -0.4 is 5.32 Å². The van der Waals surface area contributed by atoms with Crippen molar-refractivity contribution in [1.82, 2.24) is 4.90 Å². The number of hydrogen-bond acceptors (Lipinski definition) is 5. The van der Waals surface area contributed by atoms with E-state index in [2.05, 4.69) is 17.3 Å². The number of nitro groups is 1. The Bertz CT molecular complexity index is 487. The molecule has 2 rings (SSSR count). The van der Waals surface area contributed by atoms with Gasteiger partial charge < -0.3 is 15.0 Å². The second-order valence-electron chi connectivity index (χ2n) is 5.60. The minimum Gasteiger partial charge on any atom is -0.388 e. The molecule has 0 aromatic heterocycles. The van der Waals surface area contributed by atoms with Gasteiger partial charge >= 0.3 is 0 Å². The molecule has 1 aliphatic heterocycles. The number of ether oxygens (including phenoxy) is 1. The molecule has 116 valence electrons. The minimum atomic E-state index is -0.346. The van der Waals surface area contributed by atoms with E-state index in [1.807, 2.05) is 7.05 Å². The van der Waals surface area contributed by atoms with Crippen LogP contribution in [0.4, 0.5) is 11.4 Å². The number of rotatable bonds is 6. The fourth-order valence-electron chi connectivity index (χ4n) is 2.79. The van der Waals surface area contributed by atoms with Crippen LogP contribution in [0.1, 0.15) is 18.4 Å². The Hall–Kier alpha value is -1.66. The van der Waals surface area contributed by atoms with Crippen LogP contribution in [-0.4, -0.2) is 43.7 Å². The van der Waals surface area contributed by atoms with Gasteiger partial charge in [-0.05, 0) is 37.4 Å². The molecule has 0 aliphatic carbocycles. The van der Waals surface area contributed by atoms with Crippen molar-refractivity contribution in [3.8, 4) is 0 Å². The van der Waals surface area contributed by atoms with Crippen molar-refractivity contribution in [2.45, 2.75) is 19.4 Å². The largest absolute Gasteiger partial charge is 0.388 e. The van der Waals surface area contributed by atoms with E-state index < -0.39 is 0 Å². The molecule has 0 bridgehead atoms. The van der Waals surface area contributed by atoms with Gasteiger partial charge in [0, 0.05) is 51.2 Å². The lowest BCUT2D eigenvalue weighted by atomic mass is 9.99. The average molecular weight is 293 g/mol. The first kappa shape index (κ1) is 15.7. The van der Waals surface area contributed by atoms with E-state index in [1.54, 1.807) is 12.1 Å². The van der Waals surface area contributed by atoms with E-state index in [0.29, 0.717) is 12.5 Å². The van der Waals surface area contributed by atoms with Gasteiger partial charge in [0.2, 0.25) is 0 Å². The molecule has 1 heterocycles. The fraction of sp³-hybridized carbons (Fsp3) is 0.600. The summed E-state index contributed by atoms with van der Waals surface area (Å²) < 4.78 is 5.37. The highest BCUT2D eigenvalue weighted by molar-refractivity contribution is 5.55. The van der Waals surface area contributed by atoms with Gasteiger partial charge in [0.05, 0.1) is 4.92 Å². The number of benzene rings is 1. The SMILES string of the molecule is CNc1ccc([N+](=O)[O-])cc1CN(C)CC1CCOCC1. The summed E-state index contributed by atoms with van der Waals surface area (Å²) >= 11 is 0. The highest BCUT2D eigenvalue weighted by Crippen LogP contribution is 2.24. The second-order valence-corrected chi connectivity index (χ2v) is 5.60. The zero-order valence-corrected chi connectivity index (χ0v) is 12.7. The third kappa shape index (κ3) is 4.41. The van der Waals surface area contributed by atoms with Crippen LogP contribution in [0.3, 0.4) is 0 Å². The van der Waals surface area contributed by atoms with Crippen LogP contribution in [0.5, 0.6) is 0 Å². The van der Waals surface area contributed by atoms with E-state index >= 15 is 0 Å². The first-order chi connectivity index (χ1) is 10.1. The normalized spacial score (nSPS) is 16.1. The Labute approximate surface area is 125 Å². The molecule has 0 amide bonds. The Morgan fingerprint density at radius 2 is 2.14 bits per heavy atom. The van der Waals surface area contributed by atoms with E-state index in [9.17, 15) is 10.1 Å². The first-order valence-corrected chi connectivity index (χ1v) is 7.31. The monoisotopic (exact) mass is 293 g/mol. The van der Waals surface area contributed by atoms with Crippen LogP contribution in [0.2, 0.25) is 0 Å². The molecule has 1 aromatic carbocycles. The zero-order chi connectivity index (χ0) is 15.2. The van der Waals surface area contributed by atoms with E-state index in [4.69, 9.17) is 4.74 Å². The van der Waals surface area contributed by atoms with Crippen molar-refractivity contribution in [1.29, 1.82) is 0 Å². The van der Waals surface area contributed by atoms with Gasteiger partial charge in [-0.25, -0.2) is 0 Å². The molecule has 1 aromatic rings. The molecule has 1 saturated heterocycles. The van der Waals surface area contributed by atoms with Crippen molar-refractivity contribution >= 4 is 11.4 Å². The summed E-state index contributed by atoms with van der Waals surface area (Å²) in [5, 5.41) is 14.0. The van der Waals surface area contributed by atoms with Crippen molar-refractivity contribution in [3.05, 3.63) is 33.9 Å². The predicted molar refractivity (Wildman–Crippen MR) is 82.5 cm³/mol. The number of nitrogens with one attached hydrogen (secondary N) is 1. The smallest absolute Gasteiger partial charge is 0.269 e. The van der Waals surface area contributed by atoms with Crippen molar-refractivity contribution in [2.24, 2.45) is 5.92 Å². The van der Waals surface area contributed by atoms with Gasteiger partial charge in [-0.3, -0.25) is 10.1 Å². The minimum absolute atomic E-state index is 0.142. The first-order valence-electron chi connectivity index (χ1n) is 7.31. The summed E-state index contributed by atoms with van der Waals surface area (Å²) in [5.41, 5.74) is 2.05. The van der Waals surface area contributed by atoms with Crippen LogP contribution in [0, 0.1) is 16.0 Å². The molecule has 1 aliphatic rings. The lowest BCUT2D eigenvalue weighted by molar-refractivity contribution is -0.384. The second kappa shape index (κ2) is 7.38. The molecule has 21 heavy (non-hydrogen) atoms. The lowest BCUT2D eigenvalue weighted by Crippen LogP contribution is -2.29. The number of nitro benzene ring substituents is 1. The van der Waals surface area contributed by atoms with Gasteiger partial charge in [-0.15, -0.1) is 0 Å². The Kier molecular flexibility index (Phi) is 5.52. The summed E-state index contributed by atoms with van der Waals surface area (Å²) in [4.78, 5) is 12.8. The molecule has 0 radical (unpaired) electrons. The van der Waals surface area contributed by atoms with Gasteiger partial charge in [0.15, 0.2) is 0 Å². The molecule has 0 spiro atoms. The molecule has 6 nitrogen and oxygen atoms in total. The number of non-ortho nitro benzene ring substituents is 1. The van der Waals surface area contributed by atoms with Gasteiger partial charge in [-0.1, -0.05) is 0 Å². The van der Waals surface area contributed by atoms with Crippen LogP contribution in [0.15, 0.2) is 18.2 Å². The Balaban J connectivity index is 2.02. The van der Waals surface area contributed by atoms with Crippen molar-refractivity contribution in [2.75, 3.05) is 39.2 Å². The molecule has 0 atom stereocenters. The quantitative estimate of drug-likeness (QED) is 0.644. The van der Waals surface area contributed by atoms with Gasteiger partial charge in [0.25, 0.3) is 5.69 Å². The number of anilines is 1. The molecule has 6 heteroatoms. The summed E-state index contributed by atoms with van der Waals surface area (Å²) in [6, 6.07) is 4.97. The highest BCUT2D eigenvalue weighted by Gasteiger charge is 2.17. The average Bonchev–Trinajstić information content (AvgIpc) is 2.48. The Morgan fingerprint density at radius 3 is 2.76 bits per heavy atom. The standard InChI is InChI=1S/C15H23N3O3/c1-16-15-4-3-14(18(19)20)9-13(15)11-17(2)10-12-5-7-21-8-6-12/h3-4,9,12,16H,5-8,10-11H2,1-2H3.